The zero-order chi connectivity index (χ0) is 29.9. The third-order valence-corrected chi connectivity index (χ3v) is 10.5. The second-order valence-electron chi connectivity index (χ2n) is 12.2. The van der Waals surface area contributed by atoms with Crippen LogP contribution in [0.5, 0.6) is 0 Å². The fraction of sp³-hybridized carbons (Fsp3) is 0.730. The average Bonchev–Trinajstić information content (AvgIpc) is 3.02. The second-order valence-corrected chi connectivity index (χ2v) is 14.4. The van der Waals surface area contributed by atoms with Crippen molar-refractivity contribution in [1.29, 1.82) is 0 Å². The molecular weight excluding hydrogens is 553 g/mol. The predicted molar refractivity (Wildman–Crippen MR) is 184 cm³/mol. The number of thioether (sulfide) groups is 2. The first kappa shape index (κ1) is 37.1. The van der Waals surface area contributed by atoms with Crippen molar-refractivity contribution in [2.45, 2.75) is 171 Å². The summed E-state index contributed by atoms with van der Waals surface area (Å²) in [6, 6.07) is 8.80. The molecule has 0 atom stereocenters. The SMILES string of the molecule is CCCCCCCCCCCC[n+]1ccc(SCC(O)CSc2cc[n+](CCCCCCCCCCCC)cc2)cc1. The van der Waals surface area contributed by atoms with Gasteiger partial charge in [0.15, 0.2) is 24.8 Å². The van der Waals surface area contributed by atoms with Gasteiger partial charge in [0.2, 0.25) is 0 Å². The van der Waals surface area contributed by atoms with Gasteiger partial charge in [-0.3, -0.25) is 0 Å². The van der Waals surface area contributed by atoms with Crippen molar-refractivity contribution in [2.75, 3.05) is 11.5 Å². The monoisotopic (exact) mass is 616 g/mol. The van der Waals surface area contributed by atoms with Crippen LogP contribution in [0.15, 0.2) is 58.8 Å². The first-order valence-corrected chi connectivity index (χ1v) is 19.6. The van der Waals surface area contributed by atoms with Gasteiger partial charge in [-0.1, -0.05) is 117 Å². The molecule has 238 valence electrons. The number of aliphatic hydroxyl groups excluding tert-OH is 1. The van der Waals surface area contributed by atoms with Crippen LogP contribution >= 0.6 is 23.5 Å². The molecule has 0 radical (unpaired) electrons. The summed E-state index contributed by atoms with van der Waals surface area (Å²) in [6.07, 6.45) is 36.1. The number of pyridine rings is 2. The second kappa shape index (κ2) is 26.4. The van der Waals surface area contributed by atoms with Gasteiger partial charge in [0.25, 0.3) is 0 Å². The third-order valence-electron chi connectivity index (χ3n) is 8.15. The highest BCUT2D eigenvalue weighted by Crippen LogP contribution is 2.22. The van der Waals surface area contributed by atoms with Crippen molar-refractivity contribution in [3.8, 4) is 0 Å². The molecule has 2 heterocycles. The fourth-order valence-corrected chi connectivity index (χ4v) is 7.16. The van der Waals surface area contributed by atoms with E-state index in [0.717, 1.165) is 24.6 Å². The summed E-state index contributed by atoms with van der Waals surface area (Å²) < 4.78 is 4.61. The van der Waals surface area contributed by atoms with Gasteiger partial charge in [-0.2, -0.15) is 0 Å². The standard InChI is InChI=1S/C37H64N2OS2/c1-3-5-7-9-11-13-15-17-19-21-27-38-29-23-36(24-30-38)41-33-35(40)34-42-37-25-31-39(32-26-37)28-22-20-18-16-14-12-10-8-6-4-2/h23-26,29-32,35,40H,3-22,27-28,33-34H2,1-2H3/q+2. The zero-order valence-electron chi connectivity index (χ0n) is 27.3. The molecular formula is C37H64N2OS2+2. The molecule has 0 saturated carbocycles. The number of unbranched alkanes of at least 4 members (excludes halogenated alkanes) is 18. The largest absolute Gasteiger partial charge is 0.391 e. The molecule has 0 amide bonds. The minimum Gasteiger partial charge on any atom is -0.391 e. The van der Waals surface area contributed by atoms with Crippen LogP contribution in [0.3, 0.4) is 0 Å². The summed E-state index contributed by atoms with van der Waals surface area (Å²) in [4.78, 5) is 2.48. The Bertz CT molecular complexity index is 788. The Balaban J connectivity index is 1.47. The summed E-state index contributed by atoms with van der Waals surface area (Å²) in [5, 5.41) is 10.5. The highest BCUT2D eigenvalue weighted by molar-refractivity contribution is 8.00. The van der Waals surface area contributed by atoms with Crippen molar-refractivity contribution >= 4 is 23.5 Å². The molecule has 3 nitrogen and oxygen atoms in total. The first-order chi connectivity index (χ1) is 20.7. The summed E-state index contributed by atoms with van der Waals surface area (Å²) in [6.45, 7) is 6.79. The van der Waals surface area contributed by atoms with Gasteiger partial charge in [0, 0.05) is 58.4 Å². The number of aromatic nitrogens is 2. The zero-order valence-corrected chi connectivity index (χ0v) is 29.0. The highest BCUT2D eigenvalue weighted by Gasteiger charge is 2.09. The molecule has 0 saturated heterocycles. The molecule has 2 aromatic rings. The molecule has 0 spiro atoms. The Labute approximate surface area is 268 Å². The van der Waals surface area contributed by atoms with Crippen molar-refractivity contribution in [3.63, 3.8) is 0 Å². The van der Waals surface area contributed by atoms with E-state index < -0.39 is 0 Å². The number of hydrogen-bond acceptors (Lipinski definition) is 3. The topological polar surface area (TPSA) is 28.0 Å². The van der Waals surface area contributed by atoms with Crippen LogP contribution < -0.4 is 9.13 Å². The average molecular weight is 617 g/mol. The Morgan fingerprint density at radius 3 is 1.07 bits per heavy atom. The minimum absolute atomic E-state index is 0.307. The van der Waals surface area contributed by atoms with E-state index >= 15 is 0 Å². The van der Waals surface area contributed by atoms with E-state index in [1.807, 2.05) is 0 Å². The van der Waals surface area contributed by atoms with Crippen molar-refractivity contribution in [1.82, 2.24) is 0 Å². The number of rotatable bonds is 28. The van der Waals surface area contributed by atoms with Crippen LogP contribution in [-0.4, -0.2) is 22.7 Å². The lowest BCUT2D eigenvalue weighted by molar-refractivity contribution is -0.697. The van der Waals surface area contributed by atoms with Gasteiger partial charge in [0.1, 0.15) is 13.1 Å². The summed E-state index contributed by atoms with van der Waals surface area (Å²) in [5.74, 6) is 1.47. The van der Waals surface area contributed by atoms with E-state index in [2.05, 4.69) is 72.0 Å². The van der Waals surface area contributed by atoms with Crippen LogP contribution in [0, 0.1) is 0 Å². The van der Waals surface area contributed by atoms with Gasteiger partial charge < -0.3 is 5.11 Å². The molecule has 0 fully saturated rings. The molecule has 0 aromatic carbocycles. The molecule has 2 aromatic heterocycles. The van der Waals surface area contributed by atoms with Crippen LogP contribution in [-0.2, 0) is 13.1 Å². The molecule has 0 aliphatic rings. The number of nitrogens with zero attached hydrogens (tertiary/aromatic N) is 2. The summed E-state index contributed by atoms with van der Waals surface area (Å²) in [5.41, 5.74) is 0. The highest BCUT2D eigenvalue weighted by atomic mass is 32.2. The molecule has 2 rings (SSSR count). The quantitative estimate of drug-likeness (QED) is 0.0586. The number of aliphatic hydroxyl groups is 1. The molecule has 5 heteroatoms. The predicted octanol–water partition coefficient (Wildman–Crippen LogP) is 10.3. The maximum absolute atomic E-state index is 10.5. The maximum Gasteiger partial charge on any atom is 0.169 e. The molecule has 0 aliphatic heterocycles. The third kappa shape index (κ3) is 20.0. The van der Waals surface area contributed by atoms with E-state index in [0.29, 0.717) is 0 Å². The lowest BCUT2D eigenvalue weighted by atomic mass is 10.1. The van der Waals surface area contributed by atoms with Crippen molar-refractivity contribution < 1.29 is 14.2 Å². The van der Waals surface area contributed by atoms with Gasteiger partial charge in [-0.25, -0.2) is 9.13 Å². The Morgan fingerprint density at radius 2 is 0.762 bits per heavy atom. The van der Waals surface area contributed by atoms with Crippen LogP contribution in [0.1, 0.15) is 142 Å². The Morgan fingerprint density at radius 1 is 0.476 bits per heavy atom. The molecule has 1 N–H and O–H groups in total. The van der Waals surface area contributed by atoms with Crippen LogP contribution in [0.2, 0.25) is 0 Å². The Kier molecular flexibility index (Phi) is 23.3. The molecule has 0 bridgehead atoms. The van der Waals surface area contributed by atoms with Crippen molar-refractivity contribution in [3.05, 3.63) is 49.1 Å². The van der Waals surface area contributed by atoms with E-state index in [1.165, 1.54) is 138 Å². The lowest BCUT2D eigenvalue weighted by Gasteiger charge is -2.09. The van der Waals surface area contributed by atoms with Crippen molar-refractivity contribution in [2.24, 2.45) is 0 Å². The summed E-state index contributed by atoms with van der Waals surface area (Å²) >= 11 is 3.52. The molecule has 0 unspecified atom stereocenters. The normalized spacial score (nSPS) is 11.5. The van der Waals surface area contributed by atoms with E-state index in [9.17, 15) is 5.11 Å². The van der Waals surface area contributed by atoms with Gasteiger partial charge in [-0.05, 0) is 12.8 Å². The smallest absolute Gasteiger partial charge is 0.169 e. The van der Waals surface area contributed by atoms with Crippen LogP contribution in [0.25, 0.3) is 0 Å². The van der Waals surface area contributed by atoms with Gasteiger partial charge in [-0.15, -0.1) is 23.5 Å². The van der Waals surface area contributed by atoms with E-state index in [4.69, 9.17) is 0 Å². The first-order valence-electron chi connectivity index (χ1n) is 17.6. The number of aryl methyl sites for hydroxylation is 2. The maximum atomic E-state index is 10.5. The summed E-state index contributed by atoms with van der Waals surface area (Å²) in [7, 11) is 0. The Hall–Kier alpha value is -1.04. The minimum atomic E-state index is -0.307. The lowest BCUT2D eigenvalue weighted by Crippen LogP contribution is -2.32. The fourth-order valence-electron chi connectivity index (χ4n) is 5.37. The van der Waals surface area contributed by atoms with Crippen LogP contribution in [0.4, 0.5) is 0 Å². The van der Waals surface area contributed by atoms with E-state index in [-0.39, 0.29) is 6.10 Å². The molecule has 42 heavy (non-hydrogen) atoms. The van der Waals surface area contributed by atoms with E-state index in [1.54, 1.807) is 23.5 Å². The number of hydrogen-bond donors (Lipinski definition) is 1. The van der Waals surface area contributed by atoms with Gasteiger partial charge >= 0.3 is 0 Å². The molecule has 0 aliphatic carbocycles. The van der Waals surface area contributed by atoms with Gasteiger partial charge in [0.05, 0.1) is 6.10 Å².